The third-order valence-corrected chi connectivity index (χ3v) is 14.8. The van der Waals surface area contributed by atoms with Crippen molar-refractivity contribution in [3.8, 4) is 27.9 Å². The number of hydrogen-bond donors (Lipinski definition) is 0. The van der Waals surface area contributed by atoms with Crippen LogP contribution in [0.2, 0.25) is 0 Å². The van der Waals surface area contributed by atoms with Crippen LogP contribution in [0.1, 0.15) is 22.3 Å². The molecule has 0 unspecified atom stereocenters. The van der Waals surface area contributed by atoms with E-state index in [1.54, 1.807) is 0 Å². The molecule has 0 spiro atoms. The highest BCUT2D eigenvalue weighted by molar-refractivity contribution is 6.28. The average Bonchev–Trinajstić information content (AvgIpc) is 3.93. The third-order valence-electron chi connectivity index (χ3n) is 14.8. The van der Waals surface area contributed by atoms with Gasteiger partial charge < -0.3 is 9.47 Å². The minimum atomic E-state index is -0.508. The van der Waals surface area contributed by atoms with Crippen LogP contribution in [0.15, 0.2) is 267 Å². The lowest BCUT2D eigenvalue weighted by molar-refractivity contribution is 0.768. The molecule has 2 heteroatoms. The molecule has 0 amide bonds. The summed E-state index contributed by atoms with van der Waals surface area (Å²) >= 11 is 0. The van der Waals surface area contributed by atoms with E-state index in [4.69, 9.17) is 0 Å². The van der Waals surface area contributed by atoms with Gasteiger partial charge >= 0.3 is 0 Å². The van der Waals surface area contributed by atoms with Crippen LogP contribution in [0.5, 0.6) is 0 Å². The van der Waals surface area contributed by atoms with Crippen molar-refractivity contribution in [3.63, 3.8) is 0 Å². The van der Waals surface area contributed by atoms with Gasteiger partial charge in [-0.05, 0) is 126 Å². The lowest BCUT2D eigenvalue weighted by Gasteiger charge is -2.35. The third kappa shape index (κ3) is 5.92. The Kier molecular flexibility index (Phi) is 8.84. The first-order valence-corrected chi connectivity index (χ1v) is 23.9. The molecule has 0 saturated carbocycles. The van der Waals surface area contributed by atoms with E-state index in [-0.39, 0.29) is 0 Å². The molecule has 0 N–H and O–H groups in total. The van der Waals surface area contributed by atoms with Crippen molar-refractivity contribution in [2.45, 2.75) is 5.41 Å². The molecule has 0 atom stereocenters. The minimum Gasteiger partial charge on any atom is -0.310 e. The Morgan fingerprint density at radius 3 is 1.42 bits per heavy atom. The number of aromatic nitrogens is 1. The van der Waals surface area contributed by atoms with Crippen LogP contribution in [-0.2, 0) is 5.41 Å². The Morgan fingerprint density at radius 2 is 0.797 bits per heavy atom. The smallest absolute Gasteiger partial charge is 0.0714 e. The van der Waals surface area contributed by atoms with Crippen LogP contribution in [0.3, 0.4) is 0 Å². The highest BCUT2D eigenvalue weighted by Crippen LogP contribution is 2.57. The average molecular weight is 877 g/mol. The zero-order valence-electron chi connectivity index (χ0n) is 37.8. The maximum absolute atomic E-state index is 2.46. The van der Waals surface area contributed by atoms with Crippen molar-refractivity contribution < 1.29 is 0 Å². The second kappa shape index (κ2) is 15.6. The zero-order chi connectivity index (χ0) is 45.5. The van der Waals surface area contributed by atoms with Crippen molar-refractivity contribution in [3.05, 3.63) is 289 Å². The Bertz CT molecular complexity index is 3970. The zero-order valence-corrected chi connectivity index (χ0v) is 37.8. The molecule has 12 aromatic carbocycles. The highest BCUT2D eigenvalue weighted by Gasteiger charge is 2.46. The number of hydrogen-bond acceptors (Lipinski definition) is 1. The molecule has 14 rings (SSSR count). The number of anilines is 3. The van der Waals surface area contributed by atoms with Gasteiger partial charge in [0, 0.05) is 33.2 Å². The molecule has 0 saturated heterocycles. The summed E-state index contributed by atoms with van der Waals surface area (Å²) in [5.41, 5.74) is 16.4. The molecule has 1 heterocycles. The van der Waals surface area contributed by atoms with Crippen molar-refractivity contribution in [1.29, 1.82) is 0 Å². The SMILES string of the molecule is c1ccc(C2(c3ccccc3)c3ccccc3-c3ccc(N(c4ccc(-c5ccc(-n6c7ccc8ccccc8c7c7c8ccccc8ccc76)cc5)cc4)c4cccc5ccccc45)cc32)cc1. The first kappa shape index (κ1) is 39.2. The number of rotatable bonds is 7. The number of fused-ring (bicyclic) bond motifs is 11. The first-order valence-electron chi connectivity index (χ1n) is 23.9. The Hall–Kier alpha value is -8.98. The highest BCUT2D eigenvalue weighted by atomic mass is 15.1. The van der Waals surface area contributed by atoms with E-state index in [1.165, 1.54) is 98.6 Å². The molecule has 0 bridgehead atoms. The van der Waals surface area contributed by atoms with Gasteiger partial charge in [-0.3, -0.25) is 0 Å². The maximum Gasteiger partial charge on any atom is 0.0714 e. The maximum atomic E-state index is 2.46. The molecule has 1 aliphatic carbocycles. The first-order chi connectivity index (χ1) is 34.2. The van der Waals surface area contributed by atoms with Gasteiger partial charge in [0.15, 0.2) is 0 Å². The molecule has 0 radical (unpaired) electrons. The lowest BCUT2D eigenvalue weighted by Crippen LogP contribution is -2.28. The molecular formula is C67H44N2. The standard InChI is InChI=1S/C67H44N2/c1-3-20-50(21-4-1)67(51-22-5-2-6-23-51)60-28-14-13-27-58(60)59-41-40-54(44-61(59)67)68(62-29-15-19-47-16-7-10-24-55(47)62)52-36-30-45(31-37-52)46-32-38-53(39-33-46)69-63-42-34-48-17-8-11-25-56(48)65(63)66-57-26-12-9-18-49(57)35-43-64(66)69/h1-44H. The second-order valence-electron chi connectivity index (χ2n) is 18.4. The number of benzene rings is 12. The molecule has 1 aromatic heterocycles. The lowest BCUT2D eigenvalue weighted by atomic mass is 9.67. The summed E-state index contributed by atoms with van der Waals surface area (Å²) in [5, 5.41) is 10.1. The monoisotopic (exact) mass is 876 g/mol. The topological polar surface area (TPSA) is 8.17 Å². The summed E-state index contributed by atoms with van der Waals surface area (Å²) in [6, 6.07) is 98.6. The van der Waals surface area contributed by atoms with Gasteiger partial charge in [-0.1, -0.05) is 212 Å². The van der Waals surface area contributed by atoms with E-state index in [0.717, 1.165) is 22.7 Å². The Labute approximate surface area is 401 Å². The summed E-state index contributed by atoms with van der Waals surface area (Å²) in [6.07, 6.45) is 0. The van der Waals surface area contributed by atoms with Gasteiger partial charge in [0.1, 0.15) is 0 Å². The normalized spacial score (nSPS) is 12.8. The van der Waals surface area contributed by atoms with Crippen LogP contribution < -0.4 is 4.90 Å². The van der Waals surface area contributed by atoms with Gasteiger partial charge in [0.25, 0.3) is 0 Å². The summed E-state index contributed by atoms with van der Waals surface area (Å²) in [4.78, 5) is 2.45. The van der Waals surface area contributed by atoms with E-state index >= 15 is 0 Å². The van der Waals surface area contributed by atoms with E-state index in [9.17, 15) is 0 Å². The summed E-state index contributed by atoms with van der Waals surface area (Å²) < 4.78 is 2.44. The van der Waals surface area contributed by atoms with E-state index < -0.39 is 5.41 Å². The van der Waals surface area contributed by atoms with E-state index in [0.29, 0.717) is 0 Å². The van der Waals surface area contributed by atoms with Crippen LogP contribution >= 0.6 is 0 Å². The quantitative estimate of drug-likeness (QED) is 0.155. The molecule has 322 valence electrons. The molecule has 1 aliphatic rings. The summed E-state index contributed by atoms with van der Waals surface area (Å²) in [7, 11) is 0. The molecule has 2 nitrogen and oxygen atoms in total. The fourth-order valence-electron chi connectivity index (χ4n) is 11.8. The number of nitrogens with zero attached hydrogens (tertiary/aromatic N) is 2. The van der Waals surface area contributed by atoms with Crippen LogP contribution in [0.4, 0.5) is 17.1 Å². The van der Waals surface area contributed by atoms with Crippen molar-refractivity contribution in [2.24, 2.45) is 0 Å². The predicted molar refractivity (Wildman–Crippen MR) is 291 cm³/mol. The largest absolute Gasteiger partial charge is 0.310 e. The minimum absolute atomic E-state index is 0.508. The molecular weight excluding hydrogens is 833 g/mol. The fourth-order valence-corrected chi connectivity index (χ4v) is 11.8. The predicted octanol–water partition coefficient (Wildman–Crippen LogP) is 17.7. The van der Waals surface area contributed by atoms with Gasteiger partial charge in [0.2, 0.25) is 0 Å². The Morgan fingerprint density at radius 1 is 0.319 bits per heavy atom. The van der Waals surface area contributed by atoms with E-state index in [1.807, 2.05) is 0 Å². The summed E-state index contributed by atoms with van der Waals surface area (Å²) in [6.45, 7) is 0. The van der Waals surface area contributed by atoms with Gasteiger partial charge in [0.05, 0.1) is 22.1 Å². The van der Waals surface area contributed by atoms with Crippen LogP contribution in [-0.4, -0.2) is 4.57 Å². The van der Waals surface area contributed by atoms with Crippen molar-refractivity contribution >= 4 is 71.2 Å². The fraction of sp³-hybridized carbons (Fsp3) is 0.0149. The summed E-state index contributed by atoms with van der Waals surface area (Å²) in [5.74, 6) is 0. The van der Waals surface area contributed by atoms with Crippen molar-refractivity contribution in [2.75, 3.05) is 4.90 Å². The van der Waals surface area contributed by atoms with E-state index in [2.05, 4.69) is 276 Å². The van der Waals surface area contributed by atoms with Gasteiger partial charge in [-0.2, -0.15) is 0 Å². The van der Waals surface area contributed by atoms with Gasteiger partial charge in [-0.15, -0.1) is 0 Å². The van der Waals surface area contributed by atoms with Gasteiger partial charge in [-0.25, -0.2) is 0 Å². The van der Waals surface area contributed by atoms with Crippen molar-refractivity contribution in [1.82, 2.24) is 4.57 Å². The molecule has 0 aliphatic heterocycles. The Balaban J connectivity index is 0.904. The molecule has 0 fully saturated rings. The second-order valence-corrected chi connectivity index (χ2v) is 18.4. The molecule has 69 heavy (non-hydrogen) atoms. The van der Waals surface area contributed by atoms with Crippen LogP contribution in [0, 0.1) is 0 Å². The van der Waals surface area contributed by atoms with Crippen LogP contribution in [0.25, 0.3) is 82.1 Å². The molecule has 13 aromatic rings.